The number of hydrogen-bond acceptors (Lipinski definition) is 9. The molecule has 0 radical (unpaired) electrons. The summed E-state index contributed by atoms with van der Waals surface area (Å²) in [6, 6.07) is 12.6. The van der Waals surface area contributed by atoms with Crippen LogP contribution in [0.3, 0.4) is 0 Å². The van der Waals surface area contributed by atoms with Crippen LogP contribution in [0.25, 0.3) is 0 Å². The van der Waals surface area contributed by atoms with Crippen molar-refractivity contribution in [2.24, 2.45) is 0 Å². The molecule has 0 atom stereocenters. The average molecular weight is 476 g/mol. The minimum atomic E-state index is -0.999. The molecule has 3 aromatic rings. The summed E-state index contributed by atoms with van der Waals surface area (Å²) in [5.74, 6) is -2.24. The van der Waals surface area contributed by atoms with Gasteiger partial charge in [0, 0.05) is 22.3 Å². The molecule has 4 rings (SSSR count). The number of hydrogen-bond donors (Lipinski definition) is 0. The second-order valence-electron chi connectivity index (χ2n) is 7.37. The summed E-state index contributed by atoms with van der Waals surface area (Å²) in [6.45, 7) is -0.128. The Balaban J connectivity index is 1.73. The molecule has 0 N–H and O–H groups in total. The summed E-state index contributed by atoms with van der Waals surface area (Å²) in [5, 5.41) is 0. The van der Waals surface area contributed by atoms with Crippen molar-refractivity contribution >= 4 is 23.1 Å². The summed E-state index contributed by atoms with van der Waals surface area (Å²) >= 11 is 0. The zero-order valence-electron chi connectivity index (χ0n) is 19.1. The first-order chi connectivity index (χ1) is 16.9. The fourth-order valence-corrected chi connectivity index (χ4v) is 3.54. The standard InChI is InChI=1S/C26H20O9/c1-31-16-7-4-14(5-8-16)23(27)25(29)17-11-21-22(35-13-34-21)12-18(17)26(30)24(28)15-6-9-19(32-2)20(10-15)33-3/h4-12H,13H2,1-3H3. The molecular formula is C26H20O9. The van der Waals surface area contributed by atoms with Gasteiger partial charge in [0.05, 0.1) is 21.3 Å². The van der Waals surface area contributed by atoms with E-state index in [1.54, 1.807) is 0 Å². The fourth-order valence-electron chi connectivity index (χ4n) is 3.54. The Labute approximate surface area is 200 Å². The summed E-state index contributed by atoms with van der Waals surface area (Å²) in [7, 11) is 4.31. The highest BCUT2D eigenvalue weighted by Crippen LogP contribution is 2.36. The first-order valence-electron chi connectivity index (χ1n) is 10.4. The van der Waals surface area contributed by atoms with E-state index in [0.29, 0.717) is 11.5 Å². The van der Waals surface area contributed by atoms with Gasteiger partial charge in [-0.3, -0.25) is 19.2 Å². The molecule has 0 saturated carbocycles. The van der Waals surface area contributed by atoms with Gasteiger partial charge in [0.25, 0.3) is 0 Å². The molecule has 9 heteroatoms. The van der Waals surface area contributed by atoms with Gasteiger partial charge >= 0.3 is 0 Å². The van der Waals surface area contributed by atoms with Gasteiger partial charge in [-0.1, -0.05) is 0 Å². The molecule has 1 aliphatic heterocycles. The van der Waals surface area contributed by atoms with Crippen molar-refractivity contribution in [2.75, 3.05) is 28.1 Å². The molecule has 0 spiro atoms. The lowest BCUT2D eigenvalue weighted by molar-refractivity contribution is 0.0800. The Hall–Kier alpha value is -4.66. The van der Waals surface area contributed by atoms with Crippen LogP contribution in [-0.2, 0) is 0 Å². The van der Waals surface area contributed by atoms with Crippen molar-refractivity contribution in [3.8, 4) is 28.7 Å². The van der Waals surface area contributed by atoms with Crippen molar-refractivity contribution in [3.05, 3.63) is 76.9 Å². The molecular weight excluding hydrogens is 456 g/mol. The van der Waals surface area contributed by atoms with E-state index in [9.17, 15) is 19.2 Å². The Bertz CT molecular complexity index is 1340. The van der Waals surface area contributed by atoms with Gasteiger partial charge in [-0.2, -0.15) is 0 Å². The summed E-state index contributed by atoms with van der Waals surface area (Å²) in [4.78, 5) is 52.5. The highest BCUT2D eigenvalue weighted by molar-refractivity contribution is 6.54. The zero-order valence-corrected chi connectivity index (χ0v) is 19.1. The summed E-state index contributed by atoms with van der Waals surface area (Å²) in [6.07, 6.45) is 0. The maximum absolute atomic E-state index is 13.3. The van der Waals surface area contributed by atoms with Crippen molar-refractivity contribution in [3.63, 3.8) is 0 Å². The topological polar surface area (TPSA) is 114 Å². The third-order valence-electron chi connectivity index (χ3n) is 5.41. The summed E-state index contributed by atoms with van der Waals surface area (Å²) < 4.78 is 26.1. The van der Waals surface area contributed by atoms with E-state index >= 15 is 0 Å². The van der Waals surface area contributed by atoms with E-state index in [0.717, 1.165) is 0 Å². The van der Waals surface area contributed by atoms with E-state index < -0.39 is 23.1 Å². The van der Waals surface area contributed by atoms with Crippen LogP contribution in [-0.4, -0.2) is 51.3 Å². The number of Topliss-reactive ketones (excluding diaryl/α,β-unsaturated/α-hetero) is 4. The van der Waals surface area contributed by atoms with Gasteiger partial charge in [-0.05, 0) is 54.6 Å². The number of ketones is 4. The average Bonchev–Trinajstić information content (AvgIpc) is 3.38. The van der Waals surface area contributed by atoms with Gasteiger partial charge in [0.15, 0.2) is 23.0 Å². The lowest BCUT2D eigenvalue weighted by Crippen LogP contribution is -2.22. The van der Waals surface area contributed by atoms with E-state index in [4.69, 9.17) is 23.7 Å². The normalized spacial score (nSPS) is 11.5. The number of methoxy groups -OCH3 is 3. The predicted molar refractivity (Wildman–Crippen MR) is 122 cm³/mol. The molecule has 0 unspecified atom stereocenters. The molecule has 0 bridgehead atoms. The van der Waals surface area contributed by atoms with Crippen LogP contribution >= 0.6 is 0 Å². The Morgan fingerprint density at radius 1 is 0.600 bits per heavy atom. The molecule has 0 amide bonds. The predicted octanol–water partition coefficient (Wildman–Crippen LogP) is 3.57. The number of fused-ring (bicyclic) bond motifs is 1. The quantitative estimate of drug-likeness (QED) is 0.338. The number of benzene rings is 3. The van der Waals surface area contributed by atoms with E-state index in [1.165, 1.54) is 75.9 Å². The second kappa shape index (κ2) is 9.68. The highest BCUT2D eigenvalue weighted by Gasteiger charge is 2.31. The molecule has 35 heavy (non-hydrogen) atoms. The molecule has 0 saturated heterocycles. The zero-order chi connectivity index (χ0) is 25.1. The molecule has 0 aromatic heterocycles. The highest BCUT2D eigenvalue weighted by atomic mass is 16.7. The van der Waals surface area contributed by atoms with Crippen molar-refractivity contribution in [1.82, 2.24) is 0 Å². The Morgan fingerprint density at radius 2 is 1.11 bits per heavy atom. The van der Waals surface area contributed by atoms with Crippen LogP contribution in [0, 0.1) is 0 Å². The van der Waals surface area contributed by atoms with Crippen molar-refractivity contribution in [1.29, 1.82) is 0 Å². The lowest BCUT2D eigenvalue weighted by Gasteiger charge is -2.11. The van der Waals surface area contributed by atoms with Crippen LogP contribution in [0.1, 0.15) is 41.4 Å². The molecule has 9 nitrogen and oxygen atoms in total. The van der Waals surface area contributed by atoms with Crippen molar-refractivity contribution in [2.45, 2.75) is 0 Å². The molecule has 1 heterocycles. The third kappa shape index (κ3) is 4.43. The molecule has 1 aliphatic rings. The second-order valence-corrected chi connectivity index (χ2v) is 7.37. The minimum absolute atomic E-state index is 0.0187. The largest absolute Gasteiger partial charge is 0.497 e. The first kappa shape index (κ1) is 23.5. The SMILES string of the molecule is COc1ccc(C(=O)C(=O)c2cc3c(cc2C(=O)C(=O)c2ccc(OC)c(OC)c2)OCO3)cc1. The smallest absolute Gasteiger partial charge is 0.234 e. The number of carbonyl (C=O) groups excluding carboxylic acids is 4. The van der Waals surface area contributed by atoms with E-state index in [-0.39, 0.29) is 46.3 Å². The molecule has 178 valence electrons. The van der Waals surface area contributed by atoms with Gasteiger partial charge in [0.1, 0.15) is 5.75 Å². The van der Waals surface area contributed by atoms with E-state index in [1.807, 2.05) is 0 Å². The van der Waals surface area contributed by atoms with Crippen molar-refractivity contribution < 1.29 is 42.9 Å². The van der Waals surface area contributed by atoms with Gasteiger partial charge in [-0.25, -0.2) is 0 Å². The van der Waals surface area contributed by atoms with Gasteiger partial charge in [-0.15, -0.1) is 0 Å². The number of ether oxygens (including phenoxy) is 5. The third-order valence-corrected chi connectivity index (χ3v) is 5.41. The molecule has 3 aromatic carbocycles. The lowest BCUT2D eigenvalue weighted by atomic mass is 9.92. The van der Waals surface area contributed by atoms with Crippen LogP contribution in [0.15, 0.2) is 54.6 Å². The first-order valence-corrected chi connectivity index (χ1v) is 10.4. The summed E-state index contributed by atoms with van der Waals surface area (Å²) in [5.41, 5.74) is -0.432. The number of rotatable bonds is 9. The van der Waals surface area contributed by atoms with Crippen LogP contribution in [0.4, 0.5) is 0 Å². The molecule has 0 aliphatic carbocycles. The molecule has 0 fully saturated rings. The fraction of sp³-hybridized carbons (Fsp3) is 0.154. The van der Waals surface area contributed by atoms with Gasteiger partial charge in [0.2, 0.25) is 29.9 Å². The minimum Gasteiger partial charge on any atom is -0.497 e. The van der Waals surface area contributed by atoms with E-state index in [2.05, 4.69) is 0 Å². The Kier molecular flexibility index (Phi) is 6.50. The monoisotopic (exact) mass is 476 g/mol. The van der Waals surface area contributed by atoms with Crippen LogP contribution in [0.5, 0.6) is 28.7 Å². The van der Waals surface area contributed by atoms with Crippen LogP contribution in [0.2, 0.25) is 0 Å². The van der Waals surface area contributed by atoms with Gasteiger partial charge < -0.3 is 23.7 Å². The Morgan fingerprint density at radius 3 is 1.63 bits per heavy atom. The van der Waals surface area contributed by atoms with Crippen LogP contribution < -0.4 is 23.7 Å². The maximum atomic E-state index is 13.3. The number of carbonyl (C=O) groups is 4. The maximum Gasteiger partial charge on any atom is 0.234 e.